The van der Waals surface area contributed by atoms with Crippen molar-refractivity contribution in [1.29, 1.82) is 0 Å². The lowest BCUT2D eigenvalue weighted by Gasteiger charge is -2.38. The minimum absolute atomic E-state index is 0.0775. The van der Waals surface area contributed by atoms with Gasteiger partial charge in [0.1, 0.15) is 17.6 Å². The molecule has 35 heavy (non-hydrogen) atoms. The van der Waals surface area contributed by atoms with Crippen LogP contribution in [0.15, 0.2) is 25.3 Å². The van der Waals surface area contributed by atoms with Crippen molar-refractivity contribution in [1.82, 2.24) is 9.80 Å². The molecule has 0 aromatic carbocycles. The van der Waals surface area contributed by atoms with Crippen molar-refractivity contribution in [3.63, 3.8) is 0 Å². The van der Waals surface area contributed by atoms with E-state index in [1.807, 2.05) is 20.8 Å². The second-order valence-corrected chi connectivity index (χ2v) is 10.5. The normalized spacial score (nSPS) is 31.1. The molecule has 0 radical (unpaired) electrons. The Morgan fingerprint density at radius 2 is 1.94 bits per heavy atom. The van der Waals surface area contributed by atoms with Gasteiger partial charge >= 0.3 is 5.97 Å². The van der Waals surface area contributed by atoms with E-state index in [-0.39, 0.29) is 31.1 Å². The molecule has 2 bridgehead atoms. The average molecular weight is 491 g/mol. The number of nitrogens with zero attached hydrogens (tertiary/aromatic N) is 2. The van der Waals surface area contributed by atoms with Gasteiger partial charge in [-0.2, -0.15) is 0 Å². The molecule has 3 rings (SSSR count). The molecular formula is C27H42N2O6. The Morgan fingerprint density at radius 1 is 1.23 bits per heavy atom. The van der Waals surface area contributed by atoms with E-state index in [1.165, 1.54) is 0 Å². The Kier molecular flexibility index (Phi) is 8.81. The molecule has 1 spiro atoms. The number of esters is 1. The fraction of sp³-hybridized carbons (Fsp3) is 0.741. The fourth-order valence-electron chi connectivity index (χ4n) is 6.23. The van der Waals surface area contributed by atoms with Gasteiger partial charge in [0.25, 0.3) is 0 Å². The summed E-state index contributed by atoms with van der Waals surface area (Å²) in [6.07, 6.45) is 8.17. The monoisotopic (exact) mass is 490 g/mol. The van der Waals surface area contributed by atoms with Crippen LogP contribution in [0.25, 0.3) is 0 Å². The first-order valence-electron chi connectivity index (χ1n) is 13.0. The van der Waals surface area contributed by atoms with Gasteiger partial charge in [-0.05, 0) is 52.9 Å². The summed E-state index contributed by atoms with van der Waals surface area (Å²) in [5, 5.41) is 9.07. The Balaban J connectivity index is 1.95. The van der Waals surface area contributed by atoms with E-state index in [9.17, 15) is 14.4 Å². The molecule has 5 atom stereocenters. The van der Waals surface area contributed by atoms with Crippen LogP contribution < -0.4 is 0 Å². The van der Waals surface area contributed by atoms with Gasteiger partial charge in [0.2, 0.25) is 11.8 Å². The number of hydrogen-bond donors (Lipinski definition) is 1. The minimum Gasteiger partial charge on any atom is -0.465 e. The summed E-state index contributed by atoms with van der Waals surface area (Å²) in [6.45, 7) is 14.4. The van der Waals surface area contributed by atoms with Crippen LogP contribution in [0.4, 0.5) is 0 Å². The molecule has 8 heteroatoms. The van der Waals surface area contributed by atoms with E-state index >= 15 is 0 Å². The third-order valence-corrected chi connectivity index (χ3v) is 7.87. The van der Waals surface area contributed by atoms with E-state index < -0.39 is 35.0 Å². The van der Waals surface area contributed by atoms with Crippen LogP contribution in [0.1, 0.15) is 65.7 Å². The highest BCUT2D eigenvalue weighted by Gasteiger charge is 2.78. The van der Waals surface area contributed by atoms with Gasteiger partial charge in [0.15, 0.2) is 0 Å². The topological polar surface area (TPSA) is 96.4 Å². The molecule has 3 aliphatic heterocycles. The SMILES string of the molecule is C=CCCOC(=O)[C@H]1[C@H]2C(=O)N(CCCCCCO)C(C(=O)N(CC=C)C(C)C)C23CC[C@]1(C)O3. The average Bonchev–Trinajstić information content (AvgIpc) is 3.37. The van der Waals surface area contributed by atoms with Gasteiger partial charge in [0, 0.05) is 25.7 Å². The largest absolute Gasteiger partial charge is 0.465 e. The minimum atomic E-state index is -1.04. The van der Waals surface area contributed by atoms with Crippen molar-refractivity contribution < 1.29 is 29.0 Å². The predicted octanol–water partition coefficient (Wildman–Crippen LogP) is 2.85. The third kappa shape index (κ3) is 4.92. The fourth-order valence-corrected chi connectivity index (χ4v) is 6.23. The summed E-state index contributed by atoms with van der Waals surface area (Å²) >= 11 is 0. The Hall–Kier alpha value is -2.19. The summed E-state index contributed by atoms with van der Waals surface area (Å²) < 4.78 is 12.1. The molecule has 0 aliphatic carbocycles. The summed E-state index contributed by atoms with van der Waals surface area (Å²) in [6, 6.07) is -0.862. The van der Waals surface area contributed by atoms with E-state index in [2.05, 4.69) is 13.2 Å². The highest BCUT2D eigenvalue weighted by Crippen LogP contribution is 2.63. The molecule has 0 aromatic rings. The number of unbranched alkanes of at least 4 members (excludes halogenated alkanes) is 3. The molecule has 0 saturated carbocycles. The van der Waals surface area contributed by atoms with Crippen LogP contribution in [0.5, 0.6) is 0 Å². The Bertz CT molecular complexity index is 828. The van der Waals surface area contributed by atoms with Gasteiger partial charge < -0.3 is 24.4 Å². The van der Waals surface area contributed by atoms with Gasteiger partial charge in [-0.15, -0.1) is 13.2 Å². The van der Waals surface area contributed by atoms with E-state index in [0.717, 1.165) is 12.8 Å². The van der Waals surface area contributed by atoms with E-state index in [0.29, 0.717) is 45.2 Å². The smallest absolute Gasteiger partial charge is 0.312 e. The number of rotatable bonds is 14. The summed E-state index contributed by atoms with van der Waals surface area (Å²) in [4.78, 5) is 44.6. The van der Waals surface area contributed by atoms with Gasteiger partial charge in [-0.25, -0.2) is 0 Å². The summed E-state index contributed by atoms with van der Waals surface area (Å²) in [5.41, 5.74) is -1.87. The molecule has 1 N–H and O–H groups in total. The molecule has 2 unspecified atom stereocenters. The quantitative estimate of drug-likeness (QED) is 0.229. The lowest BCUT2D eigenvalue weighted by Crippen LogP contribution is -2.57. The maximum absolute atomic E-state index is 14.0. The molecule has 8 nitrogen and oxygen atoms in total. The third-order valence-electron chi connectivity index (χ3n) is 7.87. The first kappa shape index (κ1) is 27.4. The molecular weight excluding hydrogens is 448 g/mol. The van der Waals surface area contributed by atoms with Crippen LogP contribution in [0.2, 0.25) is 0 Å². The molecule has 0 aromatic heterocycles. The van der Waals surface area contributed by atoms with Crippen LogP contribution in [-0.4, -0.2) is 82.3 Å². The van der Waals surface area contributed by atoms with Crippen molar-refractivity contribution in [2.45, 2.75) is 89.0 Å². The number of aliphatic hydroxyl groups is 1. The predicted molar refractivity (Wildman–Crippen MR) is 132 cm³/mol. The number of carbonyl (C=O) groups is 3. The van der Waals surface area contributed by atoms with Gasteiger partial charge in [0.05, 0.1) is 18.1 Å². The maximum Gasteiger partial charge on any atom is 0.312 e. The number of likely N-dealkylation sites (tertiary alicyclic amines) is 1. The highest BCUT2D eigenvalue weighted by molar-refractivity contribution is 5.98. The molecule has 2 amide bonds. The van der Waals surface area contributed by atoms with Gasteiger partial charge in [-0.1, -0.05) is 25.0 Å². The molecule has 3 heterocycles. The number of aliphatic hydroxyl groups excluding tert-OH is 1. The van der Waals surface area contributed by atoms with Crippen molar-refractivity contribution in [2.24, 2.45) is 11.8 Å². The number of hydrogen-bond acceptors (Lipinski definition) is 6. The first-order valence-corrected chi connectivity index (χ1v) is 13.0. The molecule has 196 valence electrons. The maximum atomic E-state index is 14.0. The highest BCUT2D eigenvalue weighted by atomic mass is 16.6. The zero-order valence-electron chi connectivity index (χ0n) is 21.5. The number of carbonyl (C=O) groups excluding carboxylic acids is 3. The second kappa shape index (κ2) is 11.2. The van der Waals surface area contributed by atoms with Crippen LogP contribution in [0.3, 0.4) is 0 Å². The summed E-state index contributed by atoms with van der Waals surface area (Å²) in [5.74, 6) is -2.26. The Labute approximate surface area is 209 Å². The molecule has 3 fully saturated rings. The zero-order valence-corrected chi connectivity index (χ0v) is 21.5. The number of amides is 2. The van der Waals surface area contributed by atoms with Crippen LogP contribution >= 0.6 is 0 Å². The van der Waals surface area contributed by atoms with Crippen molar-refractivity contribution in [2.75, 3.05) is 26.3 Å². The lowest BCUT2D eigenvalue weighted by molar-refractivity contribution is -0.160. The molecule has 3 aliphatic rings. The first-order chi connectivity index (χ1) is 16.7. The van der Waals surface area contributed by atoms with E-state index in [4.69, 9.17) is 14.6 Å². The van der Waals surface area contributed by atoms with Crippen molar-refractivity contribution in [3.8, 4) is 0 Å². The zero-order chi connectivity index (χ0) is 25.8. The number of ether oxygens (including phenoxy) is 2. The van der Waals surface area contributed by atoms with E-state index in [1.54, 1.807) is 22.0 Å². The summed E-state index contributed by atoms with van der Waals surface area (Å²) in [7, 11) is 0. The van der Waals surface area contributed by atoms with Crippen LogP contribution in [0, 0.1) is 11.8 Å². The second-order valence-electron chi connectivity index (χ2n) is 10.5. The molecule has 3 saturated heterocycles. The number of fused-ring (bicyclic) bond motifs is 1. The lowest BCUT2D eigenvalue weighted by atomic mass is 9.66. The van der Waals surface area contributed by atoms with Crippen molar-refractivity contribution >= 4 is 17.8 Å². The standard InChI is InChI=1S/C27H42N2O6/c1-6-8-18-34-25(33)21-20-23(31)29(16-11-9-10-12-17-30)22(24(32)28(15-7-2)19(3)4)27(20)14-13-26(21,5)35-27/h6-7,19-22,30H,1-2,8-18H2,3-5H3/t20-,21+,22?,26-,27?/m0/s1. The van der Waals surface area contributed by atoms with Gasteiger partial charge in [-0.3, -0.25) is 14.4 Å². The van der Waals surface area contributed by atoms with Crippen molar-refractivity contribution in [3.05, 3.63) is 25.3 Å². The van der Waals surface area contributed by atoms with Crippen LogP contribution in [-0.2, 0) is 23.9 Å². The Morgan fingerprint density at radius 3 is 2.57 bits per heavy atom.